The topological polar surface area (TPSA) is 56.0 Å². The Hall–Kier alpha value is -1.95. The molecule has 3 rings (SSSR count). The molecule has 6 heteroatoms. The normalized spacial score (nSPS) is 17.2. The first-order valence-corrected chi connectivity index (χ1v) is 7.38. The standard InChI is InChI=1S/C15H21N5O/c1-12-17-18(2)15(21)20(12)14-5-8-19(9-6-14)11-13-4-3-7-16-10-13/h3-4,7,10,14H,5-6,8-9,11H2,1-2H3. The van der Waals surface area contributed by atoms with Gasteiger partial charge >= 0.3 is 5.69 Å². The van der Waals surface area contributed by atoms with E-state index in [4.69, 9.17) is 0 Å². The molecule has 0 aliphatic carbocycles. The van der Waals surface area contributed by atoms with Crippen LogP contribution in [0.3, 0.4) is 0 Å². The summed E-state index contributed by atoms with van der Waals surface area (Å²) in [6, 6.07) is 4.35. The number of nitrogens with zero attached hydrogens (tertiary/aromatic N) is 5. The Balaban J connectivity index is 1.64. The molecular weight excluding hydrogens is 266 g/mol. The molecule has 0 unspecified atom stereocenters. The fourth-order valence-corrected chi connectivity index (χ4v) is 3.11. The van der Waals surface area contributed by atoms with Crippen LogP contribution < -0.4 is 5.69 Å². The maximum atomic E-state index is 12.1. The fraction of sp³-hybridized carbons (Fsp3) is 0.533. The van der Waals surface area contributed by atoms with Crippen molar-refractivity contribution in [3.63, 3.8) is 0 Å². The molecule has 0 amide bonds. The first-order valence-electron chi connectivity index (χ1n) is 7.38. The number of hydrogen-bond acceptors (Lipinski definition) is 4. The fourth-order valence-electron chi connectivity index (χ4n) is 3.11. The molecule has 0 radical (unpaired) electrons. The van der Waals surface area contributed by atoms with Gasteiger partial charge in [0, 0.05) is 45.1 Å². The summed E-state index contributed by atoms with van der Waals surface area (Å²) in [6.07, 6.45) is 5.70. The second-order valence-electron chi connectivity index (χ2n) is 5.69. The molecule has 2 aromatic heterocycles. The van der Waals surface area contributed by atoms with Crippen molar-refractivity contribution in [2.45, 2.75) is 32.4 Å². The van der Waals surface area contributed by atoms with E-state index < -0.39 is 0 Å². The lowest BCUT2D eigenvalue weighted by atomic mass is 10.0. The summed E-state index contributed by atoms with van der Waals surface area (Å²) in [4.78, 5) is 18.7. The summed E-state index contributed by atoms with van der Waals surface area (Å²) in [5.41, 5.74) is 1.24. The molecule has 1 aliphatic heterocycles. The molecule has 1 saturated heterocycles. The zero-order valence-electron chi connectivity index (χ0n) is 12.6. The molecular formula is C15H21N5O. The van der Waals surface area contributed by atoms with Gasteiger partial charge in [0.05, 0.1) is 0 Å². The van der Waals surface area contributed by atoms with Crippen molar-refractivity contribution in [2.75, 3.05) is 13.1 Å². The third-order valence-corrected chi connectivity index (χ3v) is 4.18. The van der Waals surface area contributed by atoms with E-state index in [9.17, 15) is 4.79 Å². The molecule has 1 aliphatic rings. The highest BCUT2D eigenvalue weighted by molar-refractivity contribution is 5.08. The predicted molar refractivity (Wildman–Crippen MR) is 80.0 cm³/mol. The average molecular weight is 287 g/mol. The molecule has 0 spiro atoms. The largest absolute Gasteiger partial charge is 0.345 e. The monoisotopic (exact) mass is 287 g/mol. The van der Waals surface area contributed by atoms with Gasteiger partial charge in [-0.2, -0.15) is 5.10 Å². The molecule has 6 nitrogen and oxygen atoms in total. The minimum atomic E-state index is -0.00166. The van der Waals surface area contributed by atoms with E-state index in [0.717, 1.165) is 38.3 Å². The van der Waals surface area contributed by atoms with Crippen molar-refractivity contribution < 1.29 is 0 Å². The van der Waals surface area contributed by atoms with E-state index in [1.54, 1.807) is 13.2 Å². The SMILES string of the molecule is Cc1nn(C)c(=O)n1C1CCN(Cc2cccnc2)CC1. The molecule has 21 heavy (non-hydrogen) atoms. The van der Waals surface area contributed by atoms with Gasteiger partial charge in [-0.15, -0.1) is 0 Å². The van der Waals surface area contributed by atoms with Crippen LogP contribution in [0.15, 0.2) is 29.3 Å². The van der Waals surface area contributed by atoms with Crippen LogP contribution >= 0.6 is 0 Å². The summed E-state index contributed by atoms with van der Waals surface area (Å²) < 4.78 is 3.28. The molecule has 0 bridgehead atoms. The Morgan fingerprint density at radius 2 is 2.10 bits per heavy atom. The zero-order chi connectivity index (χ0) is 14.8. The van der Waals surface area contributed by atoms with Crippen molar-refractivity contribution >= 4 is 0 Å². The second kappa shape index (κ2) is 5.81. The van der Waals surface area contributed by atoms with Crippen LogP contribution in [-0.4, -0.2) is 37.3 Å². The third kappa shape index (κ3) is 2.90. The summed E-state index contributed by atoms with van der Waals surface area (Å²) in [5.74, 6) is 0.813. The lowest BCUT2D eigenvalue weighted by molar-refractivity contribution is 0.176. The quantitative estimate of drug-likeness (QED) is 0.849. The number of pyridine rings is 1. The number of hydrogen-bond donors (Lipinski definition) is 0. The number of aromatic nitrogens is 4. The van der Waals surface area contributed by atoms with Crippen LogP contribution in [0.2, 0.25) is 0 Å². The first kappa shape index (κ1) is 14.0. The van der Waals surface area contributed by atoms with Gasteiger partial charge in [-0.1, -0.05) is 6.07 Å². The highest BCUT2D eigenvalue weighted by atomic mass is 16.2. The van der Waals surface area contributed by atoms with Gasteiger partial charge in [0.25, 0.3) is 0 Å². The summed E-state index contributed by atoms with van der Waals surface area (Å²) in [6.45, 7) is 4.84. The molecule has 112 valence electrons. The number of aryl methyl sites for hydroxylation is 2. The number of piperidine rings is 1. The lowest BCUT2D eigenvalue weighted by Gasteiger charge is -2.32. The molecule has 0 saturated carbocycles. The highest BCUT2D eigenvalue weighted by Crippen LogP contribution is 2.23. The van der Waals surface area contributed by atoms with Gasteiger partial charge in [0.1, 0.15) is 5.82 Å². The van der Waals surface area contributed by atoms with E-state index in [1.807, 2.05) is 23.8 Å². The second-order valence-corrected chi connectivity index (χ2v) is 5.69. The van der Waals surface area contributed by atoms with Crippen molar-refractivity contribution in [3.8, 4) is 0 Å². The van der Waals surface area contributed by atoms with Crippen molar-refractivity contribution in [2.24, 2.45) is 7.05 Å². The minimum Gasteiger partial charge on any atom is -0.299 e. The molecule has 0 N–H and O–H groups in total. The van der Waals surface area contributed by atoms with E-state index in [-0.39, 0.29) is 11.7 Å². The van der Waals surface area contributed by atoms with E-state index in [2.05, 4.69) is 21.0 Å². The molecule has 3 heterocycles. The van der Waals surface area contributed by atoms with Gasteiger partial charge in [-0.05, 0) is 31.4 Å². The first-order chi connectivity index (χ1) is 10.1. The number of rotatable bonds is 3. The maximum Gasteiger partial charge on any atom is 0.345 e. The Kier molecular flexibility index (Phi) is 3.88. The average Bonchev–Trinajstić information content (AvgIpc) is 2.74. The van der Waals surface area contributed by atoms with E-state index >= 15 is 0 Å². The van der Waals surface area contributed by atoms with Gasteiger partial charge in [-0.3, -0.25) is 14.5 Å². The molecule has 0 aromatic carbocycles. The smallest absolute Gasteiger partial charge is 0.299 e. The Bertz CT molecular complexity index is 652. The zero-order valence-corrected chi connectivity index (χ0v) is 12.6. The van der Waals surface area contributed by atoms with Crippen LogP contribution in [0.4, 0.5) is 0 Å². The van der Waals surface area contributed by atoms with Crippen LogP contribution in [0.1, 0.15) is 30.3 Å². The van der Waals surface area contributed by atoms with Crippen LogP contribution in [0.5, 0.6) is 0 Å². The van der Waals surface area contributed by atoms with E-state index in [1.165, 1.54) is 10.2 Å². The Labute approximate surface area is 124 Å². The van der Waals surface area contributed by atoms with Gasteiger partial charge in [0.2, 0.25) is 0 Å². The number of likely N-dealkylation sites (tertiary alicyclic amines) is 1. The summed E-state index contributed by atoms with van der Waals surface area (Å²) >= 11 is 0. The van der Waals surface area contributed by atoms with Crippen LogP contribution in [-0.2, 0) is 13.6 Å². The van der Waals surface area contributed by atoms with Crippen molar-refractivity contribution in [1.29, 1.82) is 0 Å². The highest BCUT2D eigenvalue weighted by Gasteiger charge is 2.24. The van der Waals surface area contributed by atoms with Gasteiger partial charge < -0.3 is 0 Å². The predicted octanol–water partition coefficient (Wildman–Crippen LogP) is 1.12. The van der Waals surface area contributed by atoms with Crippen LogP contribution in [0, 0.1) is 6.92 Å². The van der Waals surface area contributed by atoms with Gasteiger partial charge in [0.15, 0.2) is 0 Å². The minimum absolute atomic E-state index is 0.00166. The summed E-state index contributed by atoms with van der Waals surface area (Å²) in [7, 11) is 1.71. The lowest BCUT2D eigenvalue weighted by Crippen LogP contribution is -2.37. The third-order valence-electron chi connectivity index (χ3n) is 4.18. The van der Waals surface area contributed by atoms with Crippen molar-refractivity contribution in [3.05, 3.63) is 46.4 Å². The summed E-state index contributed by atoms with van der Waals surface area (Å²) in [5, 5.41) is 4.22. The Morgan fingerprint density at radius 1 is 1.33 bits per heavy atom. The molecule has 2 aromatic rings. The molecule has 1 fully saturated rings. The van der Waals surface area contributed by atoms with Crippen molar-refractivity contribution in [1.82, 2.24) is 24.2 Å². The van der Waals surface area contributed by atoms with Crippen LogP contribution in [0.25, 0.3) is 0 Å². The maximum absolute atomic E-state index is 12.1. The molecule has 0 atom stereocenters. The Morgan fingerprint density at radius 3 is 2.67 bits per heavy atom. The van der Waals surface area contributed by atoms with E-state index in [0.29, 0.717) is 0 Å². The van der Waals surface area contributed by atoms with Gasteiger partial charge in [-0.25, -0.2) is 9.48 Å².